The summed E-state index contributed by atoms with van der Waals surface area (Å²) in [6, 6.07) is 2.01. The number of Topliss-reactive ketones (excluding diaryl/α,β-unsaturated/α-hetero) is 1. The van der Waals surface area contributed by atoms with Gasteiger partial charge in [0.15, 0.2) is 5.78 Å². The lowest BCUT2D eigenvalue weighted by Gasteiger charge is -2.18. The van der Waals surface area contributed by atoms with Crippen molar-refractivity contribution < 1.29 is 9.53 Å². The first-order valence-electron chi connectivity index (χ1n) is 6.57. The fourth-order valence-electron chi connectivity index (χ4n) is 1.65. The van der Waals surface area contributed by atoms with Gasteiger partial charge in [-0.1, -0.05) is 6.92 Å². The first-order valence-corrected chi connectivity index (χ1v) is 6.57. The number of hydrogen-bond acceptors (Lipinski definition) is 3. The highest BCUT2D eigenvalue weighted by molar-refractivity contribution is 5.81. The van der Waals surface area contributed by atoms with Gasteiger partial charge in [0, 0.05) is 12.2 Å². The topological polar surface area (TPSA) is 44.1 Å². The molecule has 1 aromatic heterocycles. The van der Waals surface area contributed by atoms with Gasteiger partial charge in [0.2, 0.25) is 0 Å². The van der Waals surface area contributed by atoms with Gasteiger partial charge in [-0.2, -0.15) is 5.10 Å². The van der Waals surface area contributed by atoms with Gasteiger partial charge in [-0.25, -0.2) is 0 Å². The molecule has 0 N–H and O–H groups in total. The first-order chi connectivity index (χ1) is 8.35. The van der Waals surface area contributed by atoms with E-state index in [0.717, 1.165) is 24.4 Å². The zero-order chi connectivity index (χ0) is 13.8. The van der Waals surface area contributed by atoms with Crippen LogP contribution in [0.3, 0.4) is 0 Å². The van der Waals surface area contributed by atoms with Crippen molar-refractivity contribution in [2.45, 2.75) is 59.6 Å². The van der Waals surface area contributed by atoms with Crippen molar-refractivity contribution >= 4 is 5.78 Å². The molecule has 4 nitrogen and oxygen atoms in total. The number of aromatic nitrogens is 2. The van der Waals surface area contributed by atoms with Crippen LogP contribution in [0.2, 0.25) is 0 Å². The molecule has 0 amide bonds. The number of rotatable bonds is 6. The molecule has 0 atom stereocenters. The third kappa shape index (κ3) is 4.61. The van der Waals surface area contributed by atoms with E-state index in [0.29, 0.717) is 6.42 Å². The summed E-state index contributed by atoms with van der Waals surface area (Å²) in [4.78, 5) is 11.9. The van der Waals surface area contributed by atoms with Gasteiger partial charge in [-0.05, 0) is 40.2 Å². The molecular weight excluding hydrogens is 228 g/mol. The number of hydrogen-bond donors (Lipinski definition) is 0. The summed E-state index contributed by atoms with van der Waals surface area (Å²) >= 11 is 0. The molecule has 0 aromatic carbocycles. The van der Waals surface area contributed by atoms with Crippen molar-refractivity contribution in [3.05, 3.63) is 17.5 Å². The lowest BCUT2D eigenvalue weighted by molar-refractivity contribution is -0.127. The fraction of sp³-hybridized carbons (Fsp3) is 0.714. The molecule has 18 heavy (non-hydrogen) atoms. The number of aryl methyl sites for hydroxylation is 2. The molecule has 0 saturated heterocycles. The SMILES string of the molecule is CCc1cc(CC(=O)COC(C)(C)C)n(CC)n1. The van der Waals surface area contributed by atoms with Crippen LogP contribution in [0.4, 0.5) is 0 Å². The standard InChI is InChI=1S/C14H24N2O2/c1-6-11-8-12(16(7-2)15-11)9-13(17)10-18-14(3,4)5/h8H,6-7,9-10H2,1-5H3. The van der Waals surface area contributed by atoms with E-state index in [1.54, 1.807) is 0 Å². The highest BCUT2D eigenvalue weighted by Crippen LogP contribution is 2.09. The zero-order valence-corrected chi connectivity index (χ0v) is 12.1. The maximum atomic E-state index is 11.9. The quantitative estimate of drug-likeness (QED) is 0.781. The molecule has 0 aliphatic heterocycles. The summed E-state index contributed by atoms with van der Waals surface area (Å²) in [5, 5.41) is 4.43. The maximum absolute atomic E-state index is 11.9. The number of carbonyl (C=O) groups is 1. The summed E-state index contributed by atoms with van der Waals surface area (Å²) < 4.78 is 7.39. The predicted octanol–water partition coefficient (Wildman–Crippen LogP) is 2.39. The summed E-state index contributed by atoms with van der Waals surface area (Å²) in [6.45, 7) is 10.9. The first kappa shape index (κ1) is 14.9. The maximum Gasteiger partial charge on any atom is 0.164 e. The summed E-state index contributed by atoms with van der Waals surface area (Å²) in [7, 11) is 0. The Balaban J connectivity index is 2.61. The Morgan fingerprint density at radius 3 is 2.56 bits per heavy atom. The molecule has 0 spiro atoms. The largest absolute Gasteiger partial charge is 0.368 e. The lowest BCUT2D eigenvalue weighted by atomic mass is 10.1. The van der Waals surface area contributed by atoms with Crippen molar-refractivity contribution in [1.29, 1.82) is 0 Å². The number of nitrogens with zero attached hydrogens (tertiary/aromatic N) is 2. The second-order valence-corrected chi connectivity index (χ2v) is 5.41. The van der Waals surface area contributed by atoms with Crippen molar-refractivity contribution in [3.8, 4) is 0 Å². The van der Waals surface area contributed by atoms with E-state index in [9.17, 15) is 4.79 Å². The minimum absolute atomic E-state index is 0.0992. The summed E-state index contributed by atoms with van der Waals surface area (Å²) in [5.41, 5.74) is 1.75. The molecule has 1 aromatic rings. The minimum atomic E-state index is -0.269. The van der Waals surface area contributed by atoms with Crippen LogP contribution in [0.5, 0.6) is 0 Å². The van der Waals surface area contributed by atoms with E-state index in [-0.39, 0.29) is 18.0 Å². The molecule has 102 valence electrons. The van der Waals surface area contributed by atoms with E-state index >= 15 is 0 Å². The number of carbonyl (C=O) groups excluding carboxylic acids is 1. The molecule has 4 heteroatoms. The van der Waals surface area contributed by atoms with Crippen LogP contribution in [-0.2, 0) is 28.9 Å². The van der Waals surface area contributed by atoms with E-state index in [1.165, 1.54) is 0 Å². The van der Waals surface area contributed by atoms with Gasteiger partial charge in [-0.3, -0.25) is 9.48 Å². The van der Waals surface area contributed by atoms with Gasteiger partial charge in [0.05, 0.1) is 17.7 Å². The van der Waals surface area contributed by atoms with Crippen molar-refractivity contribution in [2.24, 2.45) is 0 Å². The van der Waals surface area contributed by atoms with Gasteiger partial charge in [0.25, 0.3) is 0 Å². The third-order valence-corrected chi connectivity index (χ3v) is 2.62. The normalized spacial score (nSPS) is 11.8. The average molecular weight is 252 g/mol. The Bertz CT molecular complexity index is 402. The molecule has 0 unspecified atom stereocenters. The molecule has 0 fully saturated rings. The second-order valence-electron chi connectivity index (χ2n) is 5.41. The van der Waals surface area contributed by atoms with Crippen molar-refractivity contribution in [2.75, 3.05) is 6.61 Å². The molecular formula is C14H24N2O2. The Hall–Kier alpha value is -1.16. The predicted molar refractivity (Wildman–Crippen MR) is 71.7 cm³/mol. The minimum Gasteiger partial charge on any atom is -0.368 e. The third-order valence-electron chi connectivity index (χ3n) is 2.62. The van der Waals surface area contributed by atoms with Crippen LogP contribution >= 0.6 is 0 Å². The second kappa shape index (κ2) is 6.14. The summed E-state index contributed by atoms with van der Waals surface area (Å²) in [5.74, 6) is 0.0992. The highest BCUT2D eigenvalue weighted by atomic mass is 16.5. The molecule has 1 rings (SSSR count). The van der Waals surface area contributed by atoms with Crippen LogP contribution < -0.4 is 0 Å². The van der Waals surface area contributed by atoms with Crippen LogP contribution in [-0.4, -0.2) is 27.8 Å². The van der Waals surface area contributed by atoms with Gasteiger partial charge in [0.1, 0.15) is 6.61 Å². The lowest BCUT2D eigenvalue weighted by Crippen LogP contribution is -2.25. The molecule has 0 aliphatic carbocycles. The van der Waals surface area contributed by atoms with E-state index < -0.39 is 0 Å². The average Bonchev–Trinajstić information content (AvgIpc) is 2.68. The summed E-state index contributed by atoms with van der Waals surface area (Å²) in [6.07, 6.45) is 1.30. The van der Waals surface area contributed by atoms with E-state index in [4.69, 9.17) is 4.74 Å². The monoisotopic (exact) mass is 252 g/mol. The number of ether oxygens (including phenoxy) is 1. The van der Waals surface area contributed by atoms with Crippen LogP contribution in [0.1, 0.15) is 46.0 Å². The van der Waals surface area contributed by atoms with Crippen molar-refractivity contribution in [3.63, 3.8) is 0 Å². The Kier molecular flexibility index (Phi) is 5.08. The highest BCUT2D eigenvalue weighted by Gasteiger charge is 2.15. The van der Waals surface area contributed by atoms with Gasteiger partial charge >= 0.3 is 0 Å². The van der Waals surface area contributed by atoms with E-state index in [1.807, 2.05) is 38.4 Å². The molecule has 0 saturated carbocycles. The molecule has 0 aliphatic rings. The zero-order valence-electron chi connectivity index (χ0n) is 12.1. The van der Waals surface area contributed by atoms with Crippen LogP contribution in [0.25, 0.3) is 0 Å². The van der Waals surface area contributed by atoms with Crippen molar-refractivity contribution in [1.82, 2.24) is 9.78 Å². The Morgan fingerprint density at radius 1 is 1.39 bits per heavy atom. The molecule has 0 radical (unpaired) electrons. The van der Waals surface area contributed by atoms with Crippen LogP contribution in [0.15, 0.2) is 6.07 Å². The smallest absolute Gasteiger partial charge is 0.164 e. The number of ketones is 1. The van der Waals surface area contributed by atoms with Gasteiger partial charge in [-0.15, -0.1) is 0 Å². The fourth-order valence-corrected chi connectivity index (χ4v) is 1.65. The Labute approximate surface area is 109 Å². The molecule has 0 bridgehead atoms. The van der Waals surface area contributed by atoms with E-state index in [2.05, 4.69) is 12.0 Å². The molecule has 1 heterocycles. The Morgan fingerprint density at radius 2 is 2.06 bits per heavy atom. The van der Waals surface area contributed by atoms with Gasteiger partial charge < -0.3 is 4.74 Å². The van der Waals surface area contributed by atoms with Crippen LogP contribution in [0, 0.1) is 0 Å².